The number of hydrogen-bond donors (Lipinski definition) is 0. The summed E-state index contributed by atoms with van der Waals surface area (Å²) in [4.78, 5) is 13.6. The molecule has 3 rings (SSSR count). The number of nitrogens with zero attached hydrogens (tertiary/aromatic N) is 3. The van der Waals surface area contributed by atoms with Crippen LogP contribution in [0.4, 0.5) is 14.5 Å². The zero-order valence-corrected chi connectivity index (χ0v) is 13.6. The maximum atomic E-state index is 14.1. The zero-order chi connectivity index (χ0) is 16.8. The van der Waals surface area contributed by atoms with Gasteiger partial charge in [-0.2, -0.15) is 13.9 Å². The van der Waals surface area contributed by atoms with Gasteiger partial charge in [-0.15, -0.1) is 0 Å². The Bertz CT molecular complexity index is 767. The van der Waals surface area contributed by atoms with E-state index >= 15 is 0 Å². The lowest BCUT2D eigenvalue weighted by atomic mass is 10.00. The Morgan fingerprint density at radius 1 is 1.35 bits per heavy atom. The monoisotopic (exact) mass is 339 g/mol. The van der Waals surface area contributed by atoms with Crippen LogP contribution in [0.25, 0.3) is 5.69 Å². The summed E-state index contributed by atoms with van der Waals surface area (Å²) >= 11 is 5.45. The fourth-order valence-corrected chi connectivity index (χ4v) is 3.22. The molecule has 1 aliphatic rings. The molecule has 1 aromatic heterocycles. The fourth-order valence-electron chi connectivity index (χ4n) is 3.09. The van der Waals surface area contributed by atoms with Gasteiger partial charge in [0.15, 0.2) is 0 Å². The number of fused-ring (bicyclic) bond motifs is 1. The van der Waals surface area contributed by atoms with Crippen molar-refractivity contribution in [3.8, 4) is 5.69 Å². The zero-order valence-electron chi connectivity index (χ0n) is 12.8. The molecular formula is C16H16ClF2N3O. The predicted octanol–water partition coefficient (Wildman–Crippen LogP) is 3.75. The lowest BCUT2D eigenvalue weighted by Gasteiger charge is -2.29. The number of halogens is 3. The third-order valence-corrected chi connectivity index (χ3v) is 4.29. The molecule has 0 aliphatic carbocycles. The number of rotatable bonds is 3. The molecule has 1 aliphatic heterocycles. The summed E-state index contributed by atoms with van der Waals surface area (Å²) in [6, 6.07) is 5.50. The molecule has 0 amide bonds. The first-order chi connectivity index (χ1) is 10.8. The second-order valence-electron chi connectivity index (χ2n) is 5.78. The van der Waals surface area contributed by atoms with Crippen molar-refractivity contribution in [1.29, 1.82) is 0 Å². The van der Waals surface area contributed by atoms with E-state index < -0.39 is 16.9 Å². The first kappa shape index (κ1) is 15.9. The highest BCUT2D eigenvalue weighted by molar-refractivity contribution is 6.67. The van der Waals surface area contributed by atoms with Crippen molar-refractivity contribution in [2.75, 3.05) is 18.5 Å². The molecule has 0 spiro atoms. The van der Waals surface area contributed by atoms with E-state index in [1.54, 1.807) is 12.1 Å². The summed E-state index contributed by atoms with van der Waals surface area (Å²) < 4.78 is 29.3. The molecule has 0 radical (unpaired) electrons. The van der Waals surface area contributed by atoms with Gasteiger partial charge in [0, 0.05) is 31.8 Å². The van der Waals surface area contributed by atoms with Gasteiger partial charge in [0.05, 0.1) is 17.4 Å². The summed E-state index contributed by atoms with van der Waals surface area (Å²) in [7, 11) is 1.97. The van der Waals surface area contributed by atoms with Crippen molar-refractivity contribution in [2.24, 2.45) is 0 Å². The number of carbonyl (C=O) groups excluding carboxylic acids is 1. The molecule has 0 N–H and O–H groups in total. The third-order valence-electron chi connectivity index (χ3n) is 4.08. The first-order valence-corrected chi connectivity index (χ1v) is 7.68. The molecule has 4 nitrogen and oxygen atoms in total. The van der Waals surface area contributed by atoms with E-state index in [1.807, 2.05) is 13.1 Å². The molecule has 0 fully saturated rings. The normalized spacial score (nSPS) is 14.7. The van der Waals surface area contributed by atoms with Crippen molar-refractivity contribution in [1.82, 2.24) is 9.78 Å². The van der Waals surface area contributed by atoms with Crippen LogP contribution >= 0.6 is 11.6 Å². The molecule has 0 saturated carbocycles. The van der Waals surface area contributed by atoms with Crippen LogP contribution in [0.2, 0.25) is 0 Å². The number of aromatic nitrogens is 2. The maximum Gasteiger partial charge on any atom is 0.287 e. The lowest BCUT2D eigenvalue weighted by Crippen LogP contribution is -2.26. The van der Waals surface area contributed by atoms with Crippen LogP contribution in [-0.4, -0.2) is 28.6 Å². The molecule has 0 atom stereocenters. The molecule has 0 unspecified atom stereocenters. The van der Waals surface area contributed by atoms with Crippen LogP contribution < -0.4 is 4.90 Å². The van der Waals surface area contributed by atoms with Gasteiger partial charge in [0.1, 0.15) is 5.69 Å². The molecule has 23 heavy (non-hydrogen) atoms. The Hall–Kier alpha value is -1.95. The van der Waals surface area contributed by atoms with E-state index in [0.29, 0.717) is 5.69 Å². The van der Waals surface area contributed by atoms with Crippen molar-refractivity contribution in [3.63, 3.8) is 0 Å². The lowest BCUT2D eigenvalue weighted by molar-refractivity contribution is 0.00946. The second kappa shape index (κ2) is 5.60. The van der Waals surface area contributed by atoms with Gasteiger partial charge in [-0.3, -0.25) is 4.79 Å². The predicted molar refractivity (Wildman–Crippen MR) is 84.9 cm³/mol. The minimum absolute atomic E-state index is 0.263. The smallest absolute Gasteiger partial charge is 0.287 e. The van der Waals surface area contributed by atoms with Gasteiger partial charge in [-0.1, -0.05) is 6.07 Å². The number of hydrogen-bond acceptors (Lipinski definition) is 3. The molecular weight excluding hydrogens is 324 g/mol. The van der Waals surface area contributed by atoms with Gasteiger partial charge in [0.2, 0.25) is 0 Å². The Morgan fingerprint density at radius 2 is 2.04 bits per heavy atom. The largest absolute Gasteiger partial charge is 0.374 e. The maximum absolute atomic E-state index is 14.1. The van der Waals surface area contributed by atoms with E-state index in [1.165, 1.54) is 0 Å². The minimum atomic E-state index is -3.24. The summed E-state index contributed by atoms with van der Waals surface area (Å²) in [5.74, 6) is -3.24. The standard InChI is InChI=1S/C16H16ClF2N3O/c1-16(18,19)14-11(15(17)23)9-20-22(14)13-7-3-6-12-10(13)5-4-8-21(12)2/h3,6-7,9H,4-5,8H2,1-2H3. The van der Waals surface area contributed by atoms with Crippen LogP contribution in [-0.2, 0) is 12.3 Å². The summed E-state index contributed by atoms with van der Waals surface area (Å²) in [6.07, 6.45) is 2.81. The van der Waals surface area contributed by atoms with Crippen LogP contribution in [0.15, 0.2) is 24.4 Å². The summed E-state index contributed by atoms with van der Waals surface area (Å²) in [5.41, 5.74) is 1.77. The molecule has 122 valence electrons. The highest BCUT2D eigenvalue weighted by atomic mass is 35.5. The van der Waals surface area contributed by atoms with Crippen LogP contribution in [0.3, 0.4) is 0 Å². The van der Waals surface area contributed by atoms with Crippen molar-refractivity contribution < 1.29 is 13.6 Å². The number of carbonyl (C=O) groups is 1. The average molecular weight is 340 g/mol. The van der Waals surface area contributed by atoms with Crippen LogP contribution in [0.1, 0.15) is 35.0 Å². The SMILES string of the molecule is CN1CCCc2c1cccc2-n1ncc(C(=O)Cl)c1C(C)(F)F. The van der Waals surface area contributed by atoms with Gasteiger partial charge >= 0.3 is 0 Å². The molecule has 0 saturated heterocycles. The topological polar surface area (TPSA) is 38.1 Å². The molecule has 2 heterocycles. The van der Waals surface area contributed by atoms with Crippen molar-refractivity contribution in [3.05, 3.63) is 41.2 Å². The highest BCUT2D eigenvalue weighted by Crippen LogP contribution is 2.36. The minimum Gasteiger partial charge on any atom is -0.374 e. The Morgan fingerprint density at radius 3 is 2.70 bits per heavy atom. The fraction of sp³-hybridized carbons (Fsp3) is 0.375. The molecule has 0 bridgehead atoms. The summed E-state index contributed by atoms with van der Waals surface area (Å²) in [6.45, 7) is 1.66. The Balaban J connectivity index is 2.25. The molecule has 2 aromatic rings. The first-order valence-electron chi connectivity index (χ1n) is 7.30. The Kier molecular flexibility index (Phi) is 3.88. The van der Waals surface area contributed by atoms with Gasteiger partial charge in [-0.05, 0) is 36.6 Å². The van der Waals surface area contributed by atoms with Gasteiger partial charge in [0.25, 0.3) is 11.2 Å². The second-order valence-corrected chi connectivity index (χ2v) is 6.12. The van der Waals surface area contributed by atoms with E-state index in [-0.39, 0.29) is 5.56 Å². The number of alkyl halides is 2. The number of anilines is 1. The quantitative estimate of drug-likeness (QED) is 0.799. The van der Waals surface area contributed by atoms with Gasteiger partial charge in [-0.25, -0.2) is 4.68 Å². The van der Waals surface area contributed by atoms with E-state index in [2.05, 4.69) is 10.00 Å². The van der Waals surface area contributed by atoms with Gasteiger partial charge < -0.3 is 4.90 Å². The molecule has 1 aromatic carbocycles. The third kappa shape index (κ3) is 2.72. The Labute approximate surface area is 137 Å². The van der Waals surface area contributed by atoms with E-state index in [9.17, 15) is 13.6 Å². The van der Waals surface area contributed by atoms with Crippen LogP contribution in [0, 0.1) is 0 Å². The van der Waals surface area contributed by atoms with E-state index in [4.69, 9.17) is 11.6 Å². The highest BCUT2D eigenvalue weighted by Gasteiger charge is 2.36. The van der Waals surface area contributed by atoms with Crippen LogP contribution in [0.5, 0.6) is 0 Å². The average Bonchev–Trinajstić information content (AvgIpc) is 2.92. The van der Waals surface area contributed by atoms with Crippen molar-refractivity contribution in [2.45, 2.75) is 25.7 Å². The molecule has 7 heteroatoms. The summed E-state index contributed by atoms with van der Waals surface area (Å²) in [5, 5.41) is 3.08. The van der Waals surface area contributed by atoms with Crippen molar-refractivity contribution >= 4 is 22.5 Å². The number of benzene rings is 1. The van der Waals surface area contributed by atoms with E-state index in [0.717, 1.165) is 48.4 Å².